The van der Waals surface area contributed by atoms with Crippen molar-refractivity contribution in [3.63, 3.8) is 0 Å². The van der Waals surface area contributed by atoms with Gasteiger partial charge in [-0.3, -0.25) is 4.98 Å². The number of hydrogen-bond donors (Lipinski definition) is 0. The van der Waals surface area contributed by atoms with Crippen molar-refractivity contribution in [3.8, 4) is 22.4 Å². The molecule has 0 aliphatic carbocycles. The molecule has 226 valence electrons. The minimum absolute atomic E-state index is 0.0976. The van der Waals surface area contributed by atoms with Crippen molar-refractivity contribution in [2.24, 2.45) is 5.41 Å². The monoisotopic (exact) mass is 596 g/mol. The van der Waals surface area contributed by atoms with Crippen LogP contribution in [0.4, 0.5) is 0 Å². The molecule has 0 aliphatic rings. The van der Waals surface area contributed by atoms with E-state index in [1.54, 1.807) is 26.8 Å². The zero-order chi connectivity index (χ0) is 37.8. The van der Waals surface area contributed by atoms with Crippen LogP contribution >= 0.6 is 0 Å². The van der Waals surface area contributed by atoms with Gasteiger partial charge in [0.2, 0.25) is 0 Å². The van der Waals surface area contributed by atoms with Gasteiger partial charge in [0.05, 0.1) is 5.69 Å². The Hall–Kier alpha value is -4.43. The van der Waals surface area contributed by atoms with E-state index in [0.717, 1.165) is 60.2 Å². The molecule has 0 radical (unpaired) electrons. The number of hydrogen-bond acceptors (Lipinski definition) is 2. The van der Waals surface area contributed by atoms with Gasteiger partial charge in [-0.2, -0.15) is 0 Å². The van der Waals surface area contributed by atoms with Gasteiger partial charge in [-0.25, -0.2) is 0 Å². The maximum absolute atomic E-state index is 9.01. The molecule has 0 amide bonds. The summed E-state index contributed by atoms with van der Waals surface area (Å²) in [6.07, 6.45) is -0.667. The van der Waals surface area contributed by atoms with E-state index < -0.39 is 30.4 Å². The summed E-state index contributed by atoms with van der Waals surface area (Å²) in [6, 6.07) is 28.1. The number of pyridine rings is 1. The quantitative estimate of drug-likeness (QED) is 0.185. The fraction of sp³-hybridized carbons (Fsp3) is 0.279. The number of aromatic nitrogens is 1. The fourth-order valence-corrected chi connectivity index (χ4v) is 6.40. The van der Waals surface area contributed by atoms with E-state index in [-0.39, 0.29) is 11.1 Å². The van der Waals surface area contributed by atoms with Crippen LogP contribution in [0.3, 0.4) is 0 Å². The average Bonchev–Trinajstić information content (AvgIpc) is 3.44. The van der Waals surface area contributed by atoms with Gasteiger partial charge < -0.3 is 4.42 Å². The maximum atomic E-state index is 9.01. The Morgan fingerprint density at radius 1 is 0.778 bits per heavy atom. The summed E-state index contributed by atoms with van der Waals surface area (Å²) in [5.74, 6) is -1.65. The SMILES string of the molecule is [2H]C([2H])([2H])c1cnc(-c2cccc3c2oc2c3ccc3ccc4cc(-c5ccc(C([2H])(C)C)cc5C([2H])(C)C)ccc4c32)cc1C([2H])([2H])C(C)(C)C. The molecule has 0 spiro atoms. The lowest BCUT2D eigenvalue weighted by atomic mass is 9.86. The fourth-order valence-electron chi connectivity index (χ4n) is 6.40. The van der Waals surface area contributed by atoms with Gasteiger partial charge in [-0.1, -0.05) is 109 Å². The molecule has 0 bridgehead atoms. The molecule has 0 atom stereocenters. The van der Waals surface area contributed by atoms with Crippen molar-refractivity contribution in [3.05, 3.63) is 113 Å². The number of aryl methyl sites for hydroxylation is 1. The molecule has 5 aromatic carbocycles. The minimum atomic E-state index is -2.54. The van der Waals surface area contributed by atoms with Crippen LogP contribution in [0.15, 0.2) is 95.5 Å². The van der Waals surface area contributed by atoms with Gasteiger partial charge in [-0.15, -0.1) is 0 Å². The van der Waals surface area contributed by atoms with Crippen LogP contribution in [0.25, 0.3) is 65.9 Å². The number of rotatable bonds is 5. The Labute approximate surface area is 277 Å². The van der Waals surface area contributed by atoms with E-state index in [4.69, 9.17) is 14.0 Å². The van der Waals surface area contributed by atoms with E-state index >= 15 is 0 Å². The van der Waals surface area contributed by atoms with Crippen molar-refractivity contribution in [1.29, 1.82) is 0 Å². The second-order valence-electron chi connectivity index (χ2n) is 13.6. The number of furan rings is 1. The summed E-state index contributed by atoms with van der Waals surface area (Å²) in [7, 11) is 0. The topological polar surface area (TPSA) is 26.0 Å². The first kappa shape index (κ1) is 22.1. The Kier molecular flexibility index (Phi) is 5.35. The zero-order valence-corrected chi connectivity index (χ0v) is 27.0. The molecular formula is C43H43NO. The number of fused-ring (bicyclic) bond motifs is 7. The molecule has 0 fully saturated rings. The normalized spacial score (nSPS) is 15.8. The van der Waals surface area contributed by atoms with E-state index in [1.807, 2.05) is 64.1 Å². The van der Waals surface area contributed by atoms with Crippen LogP contribution in [0.1, 0.15) is 92.1 Å². The highest BCUT2D eigenvalue weighted by atomic mass is 16.3. The third-order valence-corrected chi connectivity index (χ3v) is 8.60. The van der Waals surface area contributed by atoms with Crippen LogP contribution in [-0.2, 0) is 6.37 Å². The number of benzene rings is 5. The summed E-state index contributed by atoms with van der Waals surface area (Å²) in [5.41, 5.74) is 5.23. The molecule has 7 rings (SSSR count). The Morgan fingerprint density at radius 2 is 1.53 bits per heavy atom. The van der Waals surface area contributed by atoms with E-state index in [2.05, 4.69) is 47.4 Å². The summed E-state index contributed by atoms with van der Waals surface area (Å²) in [4.78, 5) is 4.58. The smallest absolute Gasteiger partial charge is 0.144 e. The molecule has 0 saturated heterocycles. The molecule has 2 nitrogen and oxygen atoms in total. The van der Waals surface area contributed by atoms with Crippen molar-refractivity contribution < 1.29 is 14.0 Å². The molecule has 0 N–H and O–H groups in total. The minimum Gasteiger partial charge on any atom is -0.455 e. The average molecular weight is 597 g/mol. The highest BCUT2D eigenvalue weighted by molar-refractivity contribution is 6.24. The van der Waals surface area contributed by atoms with E-state index in [0.29, 0.717) is 16.8 Å². The predicted octanol–water partition coefficient (Wildman–Crippen LogP) is 12.8. The van der Waals surface area contributed by atoms with Crippen molar-refractivity contribution in [2.45, 2.75) is 73.5 Å². The zero-order valence-electron chi connectivity index (χ0n) is 34.0. The van der Waals surface area contributed by atoms with Crippen molar-refractivity contribution in [2.75, 3.05) is 0 Å². The number of nitrogens with zero attached hydrogens (tertiary/aromatic N) is 1. The highest BCUT2D eigenvalue weighted by Gasteiger charge is 2.19. The molecule has 0 unspecified atom stereocenters. The molecule has 2 aromatic heterocycles. The lowest BCUT2D eigenvalue weighted by Crippen LogP contribution is -2.10. The molecule has 2 heteroatoms. The first-order valence-corrected chi connectivity index (χ1v) is 15.5. The second kappa shape index (κ2) is 10.9. The maximum Gasteiger partial charge on any atom is 0.144 e. The summed E-state index contributed by atoms with van der Waals surface area (Å²) in [5, 5.41) is 5.83. The van der Waals surface area contributed by atoms with Crippen LogP contribution in [0, 0.1) is 12.3 Å². The van der Waals surface area contributed by atoms with Gasteiger partial charge in [-0.05, 0) is 104 Å². The van der Waals surface area contributed by atoms with Crippen LogP contribution in [-0.4, -0.2) is 4.98 Å². The summed E-state index contributed by atoms with van der Waals surface area (Å²) < 4.78 is 66.8. The standard InChI is InChI=1S/C43H43NO/c1-25(2)29-15-17-33(38(21-29)26(3)4)30-16-18-34-31(20-30)13-12-28-14-19-36-35-10-9-11-37(41(35)45-42(36)40(28)34)39-22-32(23-43(6,7)8)27(5)24-44-39/h9-22,24-26H,23H2,1-8H3/i5D3,23D2,25D,26D. The molecule has 0 saturated carbocycles. The first-order valence-electron chi connectivity index (χ1n) is 19.0. The van der Waals surface area contributed by atoms with Crippen LogP contribution in [0.5, 0.6) is 0 Å². The van der Waals surface area contributed by atoms with Gasteiger partial charge in [0.25, 0.3) is 0 Å². The van der Waals surface area contributed by atoms with E-state index in [1.165, 1.54) is 6.20 Å². The van der Waals surface area contributed by atoms with Gasteiger partial charge >= 0.3 is 0 Å². The lowest BCUT2D eigenvalue weighted by molar-refractivity contribution is 0.410. The predicted molar refractivity (Wildman–Crippen MR) is 193 cm³/mol. The molecule has 2 heterocycles. The first-order chi connectivity index (χ1) is 24.1. The second-order valence-corrected chi connectivity index (χ2v) is 13.6. The Balaban J connectivity index is 1.44. The summed E-state index contributed by atoms with van der Waals surface area (Å²) in [6.45, 7) is 10.2. The molecule has 7 aromatic rings. The highest BCUT2D eigenvalue weighted by Crippen LogP contribution is 2.42. The van der Waals surface area contributed by atoms with Gasteiger partial charge in [0, 0.05) is 37.5 Å². The van der Waals surface area contributed by atoms with Crippen LogP contribution in [0.2, 0.25) is 0 Å². The molecular weight excluding hydrogens is 546 g/mol. The molecule has 45 heavy (non-hydrogen) atoms. The third kappa shape index (κ3) is 5.21. The van der Waals surface area contributed by atoms with E-state index in [9.17, 15) is 0 Å². The number of para-hydroxylation sites is 1. The van der Waals surface area contributed by atoms with Crippen LogP contribution < -0.4 is 0 Å². The van der Waals surface area contributed by atoms with Gasteiger partial charge in [0.1, 0.15) is 11.2 Å². The summed E-state index contributed by atoms with van der Waals surface area (Å²) >= 11 is 0. The largest absolute Gasteiger partial charge is 0.455 e. The third-order valence-electron chi connectivity index (χ3n) is 8.60. The molecule has 0 aliphatic heterocycles. The lowest BCUT2D eigenvalue weighted by Gasteiger charge is -2.20. The van der Waals surface area contributed by atoms with Crippen molar-refractivity contribution >= 4 is 43.5 Å². The Bertz CT molecular complexity index is 2540. The van der Waals surface area contributed by atoms with Crippen molar-refractivity contribution in [1.82, 2.24) is 4.98 Å². The van der Waals surface area contributed by atoms with Gasteiger partial charge in [0.15, 0.2) is 0 Å². The Morgan fingerprint density at radius 3 is 2.29 bits per heavy atom.